The summed E-state index contributed by atoms with van der Waals surface area (Å²) in [7, 11) is 0. The van der Waals surface area contributed by atoms with Crippen molar-refractivity contribution >= 4 is 33.9 Å². The molecule has 0 fully saturated rings. The first-order chi connectivity index (χ1) is 14.9. The van der Waals surface area contributed by atoms with Crippen molar-refractivity contribution < 1.29 is 13.2 Å². The van der Waals surface area contributed by atoms with E-state index in [4.69, 9.17) is 11.6 Å². The van der Waals surface area contributed by atoms with Crippen LogP contribution in [0.4, 0.5) is 24.7 Å². The van der Waals surface area contributed by atoms with E-state index in [0.29, 0.717) is 5.82 Å². The Morgan fingerprint density at radius 1 is 0.903 bits per heavy atom. The van der Waals surface area contributed by atoms with Crippen LogP contribution >= 0.6 is 11.6 Å². The number of anilines is 2. The third kappa shape index (κ3) is 4.94. The molecule has 2 heterocycles. The monoisotopic (exact) mass is 442 g/mol. The second kappa shape index (κ2) is 8.89. The van der Waals surface area contributed by atoms with Crippen LogP contribution in [0.1, 0.15) is 23.2 Å². The van der Waals surface area contributed by atoms with Gasteiger partial charge in [0.2, 0.25) is 0 Å². The summed E-state index contributed by atoms with van der Waals surface area (Å²) in [5.74, 6) is 0.391. The molecule has 2 aromatic carbocycles. The predicted molar refractivity (Wildman–Crippen MR) is 116 cm³/mol. The molecule has 2 aromatic heterocycles. The fourth-order valence-electron chi connectivity index (χ4n) is 3.40. The van der Waals surface area contributed by atoms with Crippen LogP contribution in [0.3, 0.4) is 0 Å². The lowest BCUT2D eigenvalue weighted by molar-refractivity contribution is -0.137. The SMILES string of the molecule is FC(F)(F)c1cc(Nc2nnc(CCCc3cccnc3)c3ccccc23)ccc1Cl. The van der Waals surface area contributed by atoms with Crippen LogP contribution in [0.5, 0.6) is 0 Å². The zero-order valence-corrected chi connectivity index (χ0v) is 17.1. The Labute approximate surface area is 182 Å². The van der Waals surface area contributed by atoms with Crippen molar-refractivity contribution in [3.8, 4) is 0 Å². The van der Waals surface area contributed by atoms with Gasteiger partial charge in [-0.15, -0.1) is 5.10 Å². The lowest BCUT2D eigenvalue weighted by Gasteiger charge is -2.14. The number of nitrogens with one attached hydrogen (secondary N) is 1. The molecule has 0 atom stereocenters. The minimum Gasteiger partial charge on any atom is -0.338 e. The minimum absolute atomic E-state index is 0.237. The first kappa shape index (κ1) is 21.1. The smallest absolute Gasteiger partial charge is 0.338 e. The molecular formula is C23H18ClF3N4. The van der Waals surface area contributed by atoms with Crippen LogP contribution in [0.15, 0.2) is 67.0 Å². The van der Waals surface area contributed by atoms with Crippen LogP contribution in [-0.2, 0) is 19.0 Å². The van der Waals surface area contributed by atoms with Crippen LogP contribution in [0.25, 0.3) is 10.8 Å². The van der Waals surface area contributed by atoms with Gasteiger partial charge in [-0.2, -0.15) is 18.3 Å². The summed E-state index contributed by atoms with van der Waals surface area (Å²) in [5, 5.41) is 12.9. The van der Waals surface area contributed by atoms with E-state index < -0.39 is 11.7 Å². The van der Waals surface area contributed by atoms with Gasteiger partial charge >= 0.3 is 6.18 Å². The van der Waals surface area contributed by atoms with Gasteiger partial charge in [0.1, 0.15) is 0 Å². The van der Waals surface area contributed by atoms with Crippen LogP contribution in [0, 0.1) is 0 Å². The maximum absolute atomic E-state index is 13.2. The van der Waals surface area contributed by atoms with Gasteiger partial charge in [-0.3, -0.25) is 4.98 Å². The molecule has 158 valence electrons. The number of rotatable bonds is 6. The Hall–Kier alpha value is -3.19. The Kier molecular flexibility index (Phi) is 6.04. The molecule has 8 heteroatoms. The molecule has 0 saturated heterocycles. The first-order valence-corrected chi connectivity index (χ1v) is 10.1. The zero-order chi connectivity index (χ0) is 21.8. The molecule has 0 saturated carbocycles. The molecule has 0 radical (unpaired) electrons. The molecule has 0 aliphatic heterocycles. The van der Waals surface area contributed by atoms with E-state index in [1.807, 2.05) is 42.6 Å². The van der Waals surface area contributed by atoms with Crippen LogP contribution < -0.4 is 5.32 Å². The van der Waals surface area contributed by atoms with E-state index >= 15 is 0 Å². The highest BCUT2D eigenvalue weighted by atomic mass is 35.5. The van der Waals surface area contributed by atoms with E-state index in [0.717, 1.165) is 47.4 Å². The van der Waals surface area contributed by atoms with Crippen LogP contribution in [0.2, 0.25) is 5.02 Å². The average Bonchev–Trinajstić information content (AvgIpc) is 2.76. The second-order valence-corrected chi connectivity index (χ2v) is 7.48. The Bertz CT molecular complexity index is 1200. The number of aromatic nitrogens is 3. The van der Waals surface area contributed by atoms with E-state index in [9.17, 15) is 13.2 Å². The average molecular weight is 443 g/mol. The highest BCUT2D eigenvalue weighted by molar-refractivity contribution is 6.31. The fourth-order valence-corrected chi connectivity index (χ4v) is 3.62. The lowest BCUT2D eigenvalue weighted by Crippen LogP contribution is -2.07. The Balaban J connectivity index is 1.58. The van der Waals surface area contributed by atoms with Gasteiger partial charge in [0, 0.05) is 28.9 Å². The van der Waals surface area contributed by atoms with Gasteiger partial charge in [-0.1, -0.05) is 41.9 Å². The van der Waals surface area contributed by atoms with Crippen molar-refractivity contribution in [1.82, 2.24) is 15.2 Å². The first-order valence-electron chi connectivity index (χ1n) is 9.69. The molecular weight excluding hydrogens is 425 g/mol. The maximum Gasteiger partial charge on any atom is 0.417 e. The molecule has 31 heavy (non-hydrogen) atoms. The summed E-state index contributed by atoms with van der Waals surface area (Å²) in [6.07, 6.45) is 1.52. The summed E-state index contributed by atoms with van der Waals surface area (Å²) >= 11 is 5.71. The van der Waals surface area contributed by atoms with Crippen molar-refractivity contribution in [3.63, 3.8) is 0 Å². The minimum atomic E-state index is -4.54. The van der Waals surface area contributed by atoms with Gasteiger partial charge in [-0.25, -0.2) is 0 Å². The van der Waals surface area contributed by atoms with Crippen molar-refractivity contribution in [3.05, 3.63) is 88.8 Å². The predicted octanol–water partition coefficient (Wildman–Crippen LogP) is 6.62. The van der Waals surface area contributed by atoms with Gasteiger partial charge in [0.15, 0.2) is 5.82 Å². The third-order valence-corrected chi connectivity index (χ3v) is 5.23. The van der Waals surface area contributed by atoms with Crippen molar-refractivity contribution in [2.45, 2.75) is 25.4 Å². The molecule has 0 spiro atoms. The molecule has 0 aliphatic rings. The molecule has 4 aromatic rings. The van der Waals surface area contributed by atoms with E-state index in [-0.39, 0.29) is 10.7 Å². The topological polar surface area (TPSA) is 50.7 Å². The highest BCUT2D eigenvalue weighted by Gasteiger charge is 2.33. The fraction of sp³-hybridized carbons (Fsp3) is 0.174. The molecule has 1 N–H and O–H groups in total. The Morgan fingerprint density at radius 3 is 2.45 bits per heavy atom. The quantitative estimate of drug-likeness (QED) is 0.364. The summed E-state index contributed by atoms with van der Waals surface area (Å²) < 4.78 is 39.5. The molecule has 0 amide bonds. The van der Waals surface area contributed by atoms with Crippen molar-refractivity contribution in [2.75, 3.05) is 5.32 Å². The number of fused-ring (bicyclic) bond motifs is 1. The number of hydrogen-bond donors (Lipinski definition) is 1. The molecule has 0 bridgehead atoms. The zero-order valence-electron chi connectivity index (χ0n) is 16.3. The number of alkyl halides is 3. The van der Waals surface area contributed by atoms with Crippen LogP contribution in [-0.4, -0.2) is 15.2 Å². The number of nitrogens with zero attached hydrogens (tertiary/aromatic N) is 3. The van der Waals surface area contributed by atoms with Crippen molar-refractivity contribution in [1.29, 1.82) is 0 Å². The summed E-state index contributed by atoms with van der Waals surface area (Å²) in [6.45, 7) is 0. The number of hydrogen-bond acceptors (Lipinski definition) is 4. The van der Waals surface area contributed by atoms with Gasteiger partial charge < -0.3 is 5.32 Å². The molecule has 0 unspecified atom stereocenters. The summed E-state index contributed by atoms with van der Waals surface area (Å²) in [6, 6.07) is 15.2. The van der Waals surface area contributed by atoms with E-state index in [1.165, 1.54) is 12.1 Å². The molecule has 0 aliphatic carbocycles. The van der Waals surface area contributed by atoms with Gasteiger partial charge in [0.05, 0.1) is 16.3 Å². The van der Waals surface area contributed by atoms with Gasteiger partial charge in [-0.05, 0) is 49.1 Å². The van der Waals surface area contributed by atoms with Crippen molar-refractivity contribution in [2.24, 2.45) is 0 Å². The maximum atomic E-state index is 13.2. The number of pyridine rings is 1. The number of aryl methyl sites for hydroxylation is 2. The largest absolute Gasteiger partial charge is 0.417 e. The third-order valence-electron chi connectivity index (χ3n) is 4.90. The van der Waals surface area contributed by atoms with E-state index in [2.05, 4.69) is 20.5 Å². The van der Waals surface area contributed by atoms with E-state index in [1.54, 1.807) is 6.20 Å². The second-order valence-electron chi connectivity index (χ2n) is 7.07. The molecule has 4 rings (SSSR count). The summed E-state index contributed by atoms with van der Waals surface area (Å²) in [4.78, 5) is 4.12. The normalized spacial score (nSPS) is 11.6. The highest BCUT2D eigenvalue weighted by Crippen LogP contribution is 2.37. The molecule has 4 nitrogen and oxygen atoms in total. The summed E-state index contributed by atoms with van der Waals surface area (Å²) in [5.41, 5.74) is 1.34. The lowest BCUT2D eigenvalue weighted by atomic mass is 10.0. The number of benzene rings is 2. The Morgan fingerprint density at radius 2 is 1.71 bits per heavy atom. The number of halogens is 4. The standard InChI is InChI=1S/C23H18ClF3N4/c24-20-11-10-16(13-19(20)23(25,26)27)29-22-18-8-2-1-7-17(18)21(30-31-22)9-3-5-15-6-4-12-28-14-15/h1-2,4,6-8,10-14H,3,5,9H2,(H,29,31). The van der Waals surface area contributed by atoms with Gasteiger partial charge in [0.25, 0.3) is 0 Å².